The van der Waals surface area contributed by atoms with E-state index in [2.05, 4.69) is 50.5 Å². The van der Waals surface area contributed by atoms with Gasteiger partial charge in [0.05, 0.1) is 17.0 Å². The molecule has 146 valence electrons. The summed E-state index contributed by atoms with van der Waals surface area (Å²) >= 11 is 0. The van der Waals surface area contributed by atoms with E-state index >= 15 is 0 Å². The molecule has 3 heterocycles. The highest BCUT2D eigenvalue weighted by molar-refractivity contribution is 5.91. The van der Waals surface area contributed by atoms with Crippen LogP contribution in [0.15, 0.2) is 90.0 Å². The molecule has 0 saturated carbocycles. The fraction of sp³-hybridized carbons (Fsp3) is 0.0800. The molecular weight excluding hydrogens is 372 g/mol. The average Bonchev–Trinajstić information content (AvgIpc) is 3.17. The minimum Gasteiger partial charge on any atom is -0.354 e. The van der Waals surface area contributed by atoms with Crippen molar-refractivity contribution in [1.29, 1.82) is 0 Å². The first-order chi connectivity index (χ1) is 14.8. The van der Waals surface area contributed by atoms with Gasteiger partial charge in [0.1, 0.15) is 0 Å². The number of hydrogen-bond acceptors (Lipinski definition) is 3. The van der Waals surface area contributed by atoms with Crippen LogP contribution in [0.1, 0.15) is 11.1 Å². The Balaban J connectivity index is 1.63. The van der Waals surface area contributed by atoms with Crippen molar-refractivity contribution in [2.75, 3.05) is 0 Å². The topological polar surface area (TPSA) is 74.4 Å². The van der Waals surface area contributed by atoms with Crippen molar-refractivity contribution in [1.82, 2.24) is 20.2 Å². The monoisotopic (exact) mass is 392 g/mol. The molecule has 0 amide bonds. The number of nitrogens with zero attached hydrogens (tertiary/aromatic N) is 2. The van der Waals surface area contributed by atoms with Crippen molar-refractivity contribution in [2.45, 2.75) is 12.8 Å². The van der Waals surface area contributed by atoms with Gasteiger partial charge in [0.25, 0.3) is 5.56 Å². The van der Waals surface area contributed by atoms with Gasteiger partial charge in [-0.2, -0.15) is 5.10 Å². The highest BCUT2D eigenvalue weighted by Gasteiger charge is 2.17. The van der Waals surface area contributed by atoms with Crippen LogP contribution in [0, 0.1) is 0 Å². The van der Waals surface area contributed by atoms with Gasteiger partial charge >= 0.3 is 0 Å². The minimum absolute atomic E-state index is 0.208. The Kier molecular flexibility index (Phi) is 4.69. The highest BCUT2D eigenvalue weighted by Crippen LogP contribution is 2.31. The van der Waals surface area contributed by atoms with Crippen molar-refractivity contribution in [3.63, 3.8) is 0 Å². The molecule has 0 aliphatic carbocycles. The zero-order chi connectivity index (χ0) is 20.3. The number of benzene rings is 2. The largest absolute Gasteiger partial charge is 0.354 e. The second-order valence-electron chi connectivity index (χ2n) is 7.24. The predicted molar refractivity (Wildman–Crippen MR) is 119 cm³/mol. The number of aromatic amines is 2. The summed E-state index contributed by atoms with van der Waals surface area (Å²) in [4.78, 5) is 20.3. The quantitative estimate of drug-likeness (QED) is 0.453. The summed E-state index contributed by atoms with van der Waals surface area (Å²) in [6, 6.07) is 24.2. The lowest BCUT2D eigenvalue weighted by Crippen LogP contribution is -2.12. The molecule has 5 rings (SSSR count). The van der Waals surface area contributed by atoms with Crippen molar-refractivity contribution in [3.8, 4) is 22.5 Å². The lowest BCUT2D eigenvalue weighted by molar-refractivity contribution is 0.963. The van der Waals surface area contributed by atoms with E-state index in [0.717, 1.165) is 40.6 Å². The SMILES string of the molecule is O=c1[nH]nc(-c2ccncc2)cc1-c1[nH]c2ccccc2c1CCc1ccccc1. The summed E-state index contributed by atoms with van der Waals surface area (Å²) in [6.07, 6.45) is 5.16. The van der Waals surface area contributed by atoms with Gasteiger partial charge < -0.3 is 4.98 Å². The van der Waals surface area contributed by atoms with Crippen molar-refractivity contribution in [3.05, 3.63) is 107 Å². The molecule has 0 fully saturated rings. The number of fused-ring (bicyclic) bond motifs is 1. The molecule has 0 radical (unpaired) electrons. The summed E-state index contributed by atoms with van der Waals surface area (Å²) in [5.41, 5.74) is 6.30. The fourth-order valence-corrected chi connectivity index (χ4v) is 3.87. The van der Waals surface area contributed by atoms with Crippen LogP contribution in [0.2, 0.25) is 0 Å². The third-order valence-corrected chi connectivity index (χ3v) is 5.37. The maximum atomic E-state index is 12.8. The molecular formula is C25H20N4O. The van der Waals surface area contributed by atoms with E-state index in [0.29, 0.717) is 11.3 Å². The van der Waals surface area contributed by atoms with E-state index < -0.39 is 0 Å². The molecule has 0 saturated heterocycles. The minimum atomic E-state index is -0.208. The van der Waals surface area contributed by atoms with Gasteiger partial charge in [-0.15, -0.1) is 0 Å². The van der Waals surface area contributed by atoms with Gasteiger partial charge in [-0.05, 0) is 48.2 Å². The van der Waals surface area contributed by atoms with E-state index in [1.54, 1.807) is 12.4 Å². The van der Waals surface area contributed by atoms with Crippen LogP contribution in [0.3, 0.4) is 0 Å². The van der Waals surface area contributed by atoms with E-state index in [4.69, 9.17) is 0 Å². The van der Waals surface area contributed by atoms with E-state index in [1.165, 1.54) is 5.56 Å². The van der Waals surface area contributed by atoms with Crippen LogP contribution < -0.4 is 5.56 Å². The van der Waals surface area contributed by atoms with Crippen molar-refractivity contribution >= 4 is 10.9 Å². The molecule has 5 aromatic rings. The molecule has 5 nitrogen and oxygen atoms in total. The lowest BCUT2D eigenvalue weighted by atomic mass is 9.98. The summed E-state index contributed by atoms with van der Waals surface area (Å²) in [5.74, 6) is 0. The first-order valence-electron chi connectivity index (χ1n) is 9.93. The highest BCUT2D eigenvalue weighted by atomic mass is 16.1. The number of hydrogen-bond donors (Lipinski definition) is 2. The Morgan fingerprint density at radius 3 is 2.43 bits per heavy atom. The van der Waals surface area contributed by atoms with Crippen LogP contribution in [0.4, 0.5) is 0 Å². The summed E-state index contributed by atoms with van der Waals surface area (Å²) in [6.45, 7) is 0. The number of H-pyrrole nitrogens is 2. The van der Waals surface area contributed by atoms with Crippen LogP contribution in [0.25, 0.3) is 33.4 Å². The Labute approximate surface area is 173 Å². The molecule has 30 heavy (non-hydrogen) atoms. The first kappa shape index (κ1) is 18.1. The van der Waals surface area contributed by atoms with Crippen LogP contribution in [-0.2, 0) is 12.8 Å². The summed E-state index contributed by atoms with van der Waals surface area (Å²) in [5, 5.41) is 8.04. The molecule has 0 aliphatic heterocycles. The molecule has 0 spiro atoms. The predicted octanol–water partition coefficient (Wildman–Crippen LogP) is 4.77. The number of para-hydroxylation sites is 1. The second kappa shape index (κ2) is 7.79. The Morgan fingerprint density at radius 1 is 0.833 bits per heavy atom. The maximum Gasteiger partial charge on any atom is 0.273 e. The summed E-state index contributed by atoms with van der Waals surface area (Å²) < 4.78 is 0. The molecule has 5 heteroatoms. The van der Waals surface area contributed by atoms with Gasteiger partial charge in [0.15, 0.2) is 0 Å². The van der Waals surface area contributed by atoms with Crippen LogP contribution >= 0.6 is 0 Å². The smallest absolute Gasteiger partial charge is 0.273 e. The molecule has 0 atom stereocenters. The maximum absolute atomic E-state index is 12.8. The van der Waals surface area contributed by atoms with E-state index in [9.17, 15) is 4.79 Å². The standard InChI is InChI=1S/C25H20N4O/c30-25-21(16-23(28-29-25)18-12-14-26-15-13-18)24-20(11-10-17-6-2-1-3-7-17)19-8-4-5-9-22(19)27-24/h1-9,12-16,27H,10-11H2,(H,29,30). The van der Waals surface area contributed by atoms with Crippen LogP contribution in [-0.4, -0.2) is 20.2 Å². The van der Waals surface area contributed by atoms with Gasteiger partial charge in [-0.1, -0.05) is 48.5 Å². The number of aryl methyl sites for hydroxylation is 2. The van der Waals surface area contributed by atoms with Gasteiger partial charge in [0, 0.05) is 28.9 Å². The van der Waals surface area contributed by atoms with Gasteiger partial charge in [-0.3, -0.25) is 9.78 Å². The van der Waals surface area contributed by atoms with E-state index in [-0.39, 0.29) is 5.56 Å². The van der Waals surface area contributed by atoms with Crippen molar-refractivity contribution in [2.24, 2.45) is 0 Å². The molecule has 3 aromatic heterocycles. The zero-order valence-corrected chi connectivity index (χ0v) is 16.3. The molecule has 2 N–H and O–H groups in total. The van der Waals surface area contributed by atoms with Gasteiger partial charge in [-0.25, -0.2) is 5.10 Å². The summed E-state index contributed by atoms with van der Waals surface area (Å²) in [7, 11) is 0. The third kappa shape index (κ3) is 3.42. The Morgan fingerprint density at radius 2 is 1.60 bits per heavy atom. The van der Waals surface area contributed by atoms with Crippen molar-refractivity contribution < 1.29 is 0 Å². The molecule has 0 aliphatic rings. The number of rotatable bonds is 5. The molecule has 0 bridgehead atoms. The van der Waals surface area contributed by atoms with E-state index in [1.807, 2.05) is 42.5 Å². The van der Waals surface area contributed by atoms with Crippen LogP contribution in [0.5, 0.6) is 0 Å². The molecule has 0 unspecified atom stereocenters. The Hall–Kier alpha value is -3.99. The number of nitrogens with one attached hydrogen (secondary N) is 2. The zero-order valence-electron chi connectivity index (χ0n) is 16.3. The Bertz CT molecular complexity index is 1350. The van der Waals surface area contributed by atoms with Gasteiger partial charge in [0.2, 0.25) is 0 Å². The normalized spacial score (nSPS) is 11.1. The third-order valence-electron chi connectivity index (χ3n) is 5.37. The number of aromatic nitrogens is 4. The number of pyridine rings is 1. The average molecular weight is 392 g/mol. The second-order valence-corrected chi connectivity index (χ2v) is 7.24. The lowest BCUT2D eigenvalue weighted by Gasteiger charge is -2.07. The fourth-order valence-electron chi connectivity index (χ4n) is 3.87. The molecule has 2 aromatic carbocycles. The first-order valence-corrected chi connectivity index (χ1v) is 9.93.